The van der Waals surface area contributed by atoms with Crippen LogP contribution in [0, 0.1) is 17.5 Å². The summed E-state index contributed by atoms with van der Waals surface area (Å²) in [5, 5.41) is 3.10. The molecule has 1 aromatic heterocycles. The zero-order valence-corrected chi connectivity index (χ0v) is 12.0. The maximum atomic E-state index is 13.4. The van der Waals surface area contributed by atoms with E-state index in [4.69, 9.17) is 0 Å². The van der Waals surface area contributed by atoms with Crippen LogP contribution in [-0.4, -0.2) is 16.5 Å². The Kier molecular flexibility index (Phi) is 4.45. The Hall–Kier alpha value is -2.11. The molecule has 0 aliphatic heterocycles. The summed E-state index contributed by atoms with van der Waals surface area (Å²) in [6.07, 6.45) is 1.32. The smallest absolute Gasteiger partial charge is 0.194 e. The Morgan fingerprint density at radius 1 is 1.10 bits per heavy atom. The van der Waals surface area contributed by atoms with Crippen LogP contribution in [0.25, 0.3) is 11.3 Å². The van der Waals surface area contributed by atoms with Gasteiger partial charge in [0.2, 0.25) is 0 Å². The molecular weight excluding hydrogens is 279 g/mol. The standard InChI is InChI=1S/C15H16F3N3/c1-4-19-15-12(8(2)3)14(20-7-21-15)9-5-10(16)13(18)11(17)6-9/h5-8H,4H2,1-3H3,(H,19,20,21). The predicted octanol–water partition coefficient (Wildman–Crippen LogP) is 4.12. The molecule has 2 aromatic rings. The van der Waals surface area contributed by atoms with E-state index in [0.717, 1.165) is 17.7 Å². The van der Waals surface area contributed by atoms with E-state index in [1.54, 1.807) is 0 Å². The maximum absolute atomic E-state index is 13.4. The van der Waals surface area contributed by atoms with Gasteiger partial charge in [0, 0.05) is 17.7 Å². The largest absolute Gasteiger partial charge is 0.370 e. The van der Waals surface area contributed by atoms with E-state index in [-0.39, 0.29) is 11.5 Å². The van der Waals surface area contributed by atoms with Gasteiger partial charge in [0.15, 0.2) is 17.5 Å². The molecule has 0 radical (unpaired) electrons. The fourth-order valence-corrected chi connectivity index (χ4v) is 2.17. The molecule has 112 valence electrons. The van der Waals surface area contributed by atoms with Crippen molar-refractivity contribution in [2.45, 2.75) is 26.7 Å². The van der Waals surface area contributed by atoms with Crippen LogP contribution >= 0.6 is 0 Å². The molecule has 0 saturated heterocycles. The molecule has 1 heterocycles. The number of rotatable bonds is 4. The SMILES string of the molecule is CCNc1ncnc(-c2cc(F)c(F)c(F)c2)c1C(C)C. The molecule has 0 atom stereocenters. The normalized spacial score (nSPS) is 11.0. The summed E-state index contributed by atoms with van der Waals surface area (Å²) in [5.41, 5.74) is 1.33. The second kappa shape index (κ2) is 6.11. The van der Waals surface area contributed by atoms with Gasteiger partial charge in [-0.2, -0.15) is 0 Å². The minimum Gasteiger partial charge on any atom is -0.370 e. The molecule has 0 fully saturated rings. The van der Waals surface area contributed by atoms with E-state index >= 15 is 0 Å². The third-order valence-corrected chi connectivity index (χ3v) is 3.06. The quantitative estimate of drug-likeness (QED) is 0.862. The van der Waals surface area contributed by atoms with Gasteiger partial charge in [-0.25, -0.2) is 23.1 Å². The first kappa shape index (κ1) is 15.3. The molecule has 3 nitrogen and oxygen atoms in total. The molecule has 0 saturated carbocycles. The Bertz CT molecular complexity index is 634. The third-order valence-electron chi connectivity index (χ3n) is 3.06. The summed E-state index contributed by atoms with van der Waals surface area (Å²) in [4.78, 5) is 8.27. The van der Waals surface area contributed by atoms with Gasteiger partial charge >= 0.3 is 0 Å². The van der Waals surface area contributed by atoms with E-state index in [1.807, 2.05) is 20.8 Å². The third kappa shape index (κ3) is 2.99. The molecule has 1 N–H and O–H groups in total. The lowest BCUT2D eigenvalue weighted by Gasteiger charge is -2.16. The van der Waals surface area contributed by atoms with Gasteiger partial charge in [-0.05, 0) is 25.0 Å². The van der Waals surface area contributed by atoms with Crippen LogP contribution in [0.5, 0.6) is 0 Å². The highest BCUT2D eigenvalue weighted by Crippen LogP contribution is 2.33. The summed E-state index contributed by atoms with van der Waals surface area (Å²) in [6, 6.07) is 1.89. The number of nitrogens with one attached hydrogen (secondary N) is 1. The number of aromatic nitrogens is 2. The summed E-state index contributed by atoms with van der Waals surface area (Å²) in [6.45, 7) is 6.43. The van der Waals surface area contributed by atoms with Gasteiger partial charge in [0.25, 0.3) is 0 Å². The number of hydrogen-bond acceptors (Lipinski definition) is 3. The Morgan fingerprint density at radius 2 is 1.71 bits per heavy atom. The number of halogens is 3. The Morgan fingerprint density at radius 3 is 2.24 bits per heavy atom. The molecular formula is C15H16F3N3. The van der Waals surface area contributed by atoms with Crippen molar-refractivity contribution in [3.63, 3.8) is 0 Å². The van der Waals surface area contributed by atoms with Crippen LogP contribution in [0.4, 0.5) is 19.0 Å². The van der Waals surface area contributed by atoms with Crippen molar-refractivity contribution >= 4 is 5.82 Å². The molecule has 21 heavy (non-hydrogen) atoms. The monoisotopic (exact) mass is 295 g/mol. The molecule has 2 rings (SSSR count). The number of nitrogens with zero attached hydrogens (tertiary/aromatic N) is 2. The van der Waals surface area contributed by atoms with Crippen LogP contribution in [0.3, 0.4) is 0 Å². The van der Waals surface area contributed by atoms with Crippen molar-refractivity contribution in [1.82, 2.24) is 9.97 Å². The molecule has 0 aliphatic carbocycles. The van der Waals surface area contributed by atoms with Crippen LogP contribution in [0.15, 0.2) is 18.5 Å². The van der Waals surface area contributed by atoms with E-state index in [9.17, 15) is 13.2 Å². The van der Waals surface area contributed by atoms with Gasteiger partial charge < -0.3 is 5.32 Å². The van der Waals surface area contributed by atoms with Gasteiger partial charge in [0.05, 0.1) is 5.69 Å². The molecule has 0 amide bonds. The minimum atomic E-state index is -1.48. The van der Waals surface area contributed by atoms with Crippen molar-refractivity contribution in [3.05, 3.63) is 41.5 Å². The lowest BCUT2D eigenvalue weighted by atomic mass is 9.97. The first-order chi connectivity index (χ1) is 9.95. The van der Waals surface area contributed by atoms with Crippen LogP contribution < -0.4 is 5.32 Å². The van der Waals surface area contributed by atoms with Crippen molar-refractivity contribution in [3.8, 4) is 11.3 Å². The second-order valence-electron chi connectivity index (χ2n) is 4.92. The zero-order valence-electron chi connectivity index (χ0n) is 12.0. The number of hydrogen-bond donors (Lipinski definition) is 1. The number of benzene rings is 1. The highest BCUT2D eigenvalue weighted by Gasteiger charge is 2.19. The van der Waals surface area contributed by atoms with Crippen molar-refractivity contribution in [2.24, 2.45) is 0 Å². The average molecular weight is 295 g/mol. The van der Waals surface area contributed by atoms with Crippen LogP contribution in [0.1, 0.15) is 32.3 Å². The summed E-state index contributed by atoms with van der Waals surface area (Å²) < 4.78 is 40.0. The lowest BCUT2D eigenvalue weighted by Crippen LogP contribution is -2.08. The van der Waals surface area contributed by atoms with Crippen molar-refractivity contribution in [2.75, 3.05) is 11.9 Å². The molecule has 0 bridgehead atoms. The fourth-order valence-electron chi connectivity index (χ4n) is 2.17. The molecule has 1 aromatic carbocycles. The Balaban J connectivity index is 2.66. The first-order valence-electron chi connectivity index (χ1n) is 6.69. The topological polar surface area (TPSA) is 37.8 Å². The van der Waals surface area contributed by atoms with Gasteiger partial charge in [0.1, 0.15) is 12.1 Å². The summed E-state index contributed by atoms with van der Waals surface area (Å²) in [5.74, 6) is -3.30. The molecule has 0 aliphatic rings. The lowest BCUT2D eigenvalue weighted by molar-refractivity contribution is 0.447. The molecule has 0 unspecified atom stereocenters. The van der Waals surface area contributed by atoms with E-state index < -0.39 is 17.5 Å². The molecule has 0 spiro atoms. The highest BCUT2D eigenvalue weighted by atomic mass is 19.2. The van der Waals surface area contributed by atoms with E-state index in [2.05, 4.69) is 15.3 Å². The van der Waals surface area contributed by atoms with Crippen LogP contribution in [-0.2, 0) is 0 Å². The summed E-state index contributed by atoms with van der Waals surface area (Å²) in [7, 11) is 0. The zero-order chi connectivity index (χ0) is 15.6. The van der Waals surface area contributed by atoms with Gasteiger partial charge in [-0.1, -0.05) is 13.8 Å². The first-order valence-corrected chi connectivity index (χ1v) is 6.69. The highest BCUT2D eigenvalue weighted by molar-refractivity contribution is 5.69. The van der Waals surface area contributed by atoms with Gasteiger partial charge in [-0.15, -0.1) is 0 Å². The van der Waals surface area contributed by atoms with E-state index in [0.29, 0.717) is 18.1 Å². The van der Waals surface area contributed by atoms with Crippen LogP contribution in [0.2, 0.25) is 0 Å². The van der Waals surface area contributed by atoms with Gasteiger partial charge in [-0.3, -0.25) is 0 Å². The van der Waals surface area contributed by atoms with E-state index in [1.165, 1.54) is 6.33 Å². The summed E-state index contributed by atoms with van der Waals surface area (Å²) >= 11 is 0. The van der Waals surface area contributed by atoms with Crippen molar-refractivity contribution in [1.29, 1.82) is 0 Å². The molecule has 6 heteroatoms. The second-order valence-corrected chi connectivity index (χ2v) is 4.92. The number of anilines is 1. The average Bonchev–Trinajstić information content (AvgIpc) is 2.44. The predicted molar refractivity (Wildman–Crippen MR) is 75.6 cm³/mol. The minimum absolute atomic E-state index is 0.0337. The maximum Gasteiger partial charge on any atom is 0.194 e. The van der Waals surface area contributed by atoms with Crippen molar-refractivity contribution < 1.29 is 13.2 Å². The Labute approximate surface area is 121 Å². The fraction of sp³-hybridized carbons (Fsp3) is 0.333.